The molecule has 4 rings (SSSR count). The number of amides is 2. The van der Waals surface area contributed by atoms with Crippen LogP contribution in [0, 0.1) is 5.92 Å². The Labute approximate surface area is 193 Å². The van der Waals surface area contributed by atoms with Gasteiger partial charge in [-0.15, -0.1) is 0 Å². The maximum atomic E-state index is 12.9. The van der Waals surface area contributed by atoms with Crippen molar-refractivity contribution >= 4 is 34.4 Å². The molecular formula is C26H29N3O4. The van der Waals surface area contributed by atoms with E-state index in [1.54, 1.807) is 4.90 Å². The molecule has 2 amide bonds. The lowest BCUT2D eigenvalue weighted by Gasteiger charge is -2.32. The van der Waals surface area contributed by atoms with Gasteiger partial charge in [-0.2, -0.15) is 0 Å². The molecule has 2 heterocycles. The lowest BCUT2D eigenvalue weighted by molar-refractivity contribution is -0.141. The number of methoxy groups -OCH3 is 1. The van der Waals surface area contributed by atoms with Crippen LogP contribution in [0.25, 0.3) is 22.2 Å². The number of H-pyrrole nitrogens is 1. The molecule has 2 N–H and O–H groups in total. The third-order valence-corrected chi connectivity index (χ3v) is 6.12. The number of para-hydroxylation sites is 1. The molecule has 1 atom stereocenters. The molecule has 7 nitrogen and oxygen atoms in total. The highest BCUT2D eigenvalue weighted by atomic mass is 16.5. The van der Waals surface area contributed by atoms with Crippen LogP contribution in [0.15, 0.2) is 54.6 Å². The summed E-state index contributed by atoms with van der Waals surface area (Å²) in [6.45, 7) is 1.06. The molecule has 0 bridgehead atoms. The highest BCUT2D eigenvalue weighted by molar-refractivity contribution is 5.94. The lowest BCUT2D eigenvalue weighted by atomic mass is 9.96. The van der Waals surface area contributed by atoms with E-state index in [0.717, 1.165) is 40.7 Å². The fourth-order valence-electron chi connectivity index (χ4n) is 4.30. The van der Waals surface area contributed by atoms with E-state index >= 15 is 0 Å². The molecule has 0 spiro atoms. The van der Waals surface area contributed by atoms with Crippen LogP contribution in [0.1, 0.15) is 32.1 Å². The number of esters is 1. The Kier molecular flexibility index (Phi) is 7.07. The van der Waals surface area contributed by atoms with Gasteiger partial charge in [0, 0.05) is 53.8 Å². The molecule has 33 heavy (non-hydrogen) atoms. The molecule has 1 aliphatic heterocycles. The second-order valence-corrected chi connectivity index (χ2v) is 8.45. The number of ether oxygens (including phenoxy) is 1. The van der Waals surface area contributed by atoms with E-state index in [-0.39, 0.29) is 36.5 Å². The normalized spacial score (nSPS) is 15.9. The number of piperidine rings is 1. The van der Waals surface area contributed by atoms with E-state index in [4.69, 9.17) is 0 Å². The van der Waals surface area contributed by atoms with Gasteiger partial charge in [-0.1, -0.05) is 30.3 Å². The monoisotopic (exact) mass is 447 g/mol. The number of carbonyl (C=O) groups excluding carboxylic acids is 3. The number of fused-ring (bicyclic) bond motifs is 1. The van der Waals surface area contributed by atoms with Crippen molar-refractivity contribution in [3.63, 3.8) is 0 Å². The predicted octanol–water partition coefficient (Wildman–Crippen LogP) is 4.36. The first kappa shape index (κ1) is 22.6. The van der Waals surface area contributed by atoms with Crippen molar-refractivity contribution in [1.29, 1.82) is 0 Å². The average molecular weight is 448 g/mol. The zero-order valence-electron chi connectivity index (χ0n) is 18.8. The molecule has 1 aliphatic rings. The quantitative estimate of drug-likeness (QED) is 0.527. The minimum Gasteiger partial charge on any atom is -0.469 e. The molecule has 172 valence electrons. The number of hydrogen-bond acceptors (Lipinski definition) is 4. The Bertz CT molecular complexity index is 1120. The van der Waals surface area contributed by atoms with Gasteiger partial charge in [0.05, 0.1) is 13.0 Å². The van der Waals surface area contributed by atoms with Gasteiger partial charge in [0.1, 0.15) is 0 Å². The van der Waals surface area contributed by atoms with E-state index < -0.39 is 0 Å². The van der Waals surface area contributed by atoms with Gasteiger partial charge in [0.25, 0.3) is 0 Å². The van der Waals surface area contributed by atoms with Crippen molar-refractivity contribution < 1.29 is 19.1 Å². The number of benzene rings is 2. The van der Waals surface area contributed by atoms with Gasteiger partial charge >= 0.3 is 5.97 Å². The molecule has 1 saturated heterocycles. The summed E-state index contributed by atoms with van der Waals surface area (Å²) in [7, 11) is 1.34. The Morgan fingerprint density at radius 2 is 1.94 bits per heavy atom. The minimum absolute atomic E-state index is 0.0165. The molecule has 0 unspecified atom stereocenters. The summed E-state index contributed by atoms with van der Waals surface area (Å²) < 4.78 is 4.62. The topological polar surface area (TPSA) is 91.5 Å². The van der Waals surface area contributed by atoms with Crippen LogP contribution in [0.4, 0.5) is 5.69 Å². The van der Waals surface area contributed by atoms with Crippen LogP contribution >= 0.6 is 0 Å². The van der Waals surface area contributed by atoms with Crippen molar-refractivity contribution in [3.8, 4) is 11.3 Å². The van der Waals surface area contributed by atoms with Crippen LogP contribution in [0.2, 0.25) is 0 Å². The fourth-order valence-corrected chi connectivity index (χ4v) is 4.30. The number of rotatable bonds is 7. The van der Waals surface area contributed by atoms with E-state index in [9.17, 15) is 14.4 Å². The summed E-state index contributed by atoms with van der Waals surface area (Å²) in [6.07, 6.45) is 2.51. The minimum atomic E-state index is -0.312. The Balaban J connectivity index is 1.36. The maximum Gasteiger partial charge on any atom is 0.305 e. The number of anilines is 1. The van der Waals surface area contributed by atoms with Crippen molar-refractivity contribution in [2.75, 3.05) is 25.5 Å². The van der Waals surface area contributed by atoms with Crippen LogP contribution in [0.5, 0.6) is 0 Å². The van der Waals surface area contributed by atoms with Gasteiger partial charge in [-0.05, 0) is 43.5 Å². The SMILES string of the molecule is COC(=O)CCCC(=O)N1CCC[C@@H](C(=O)Nc2cccc(-c3cc4ccccc4[nH]3)c2)C1. The van der Waals surface area contributed by atoms with Crippen molar-refractivity contribution in [2.24, 2.45) is 5.92 Å². The van der Waals surface area contributed by atoms with Crippen molar-refractivity contribution in [3.05, 3.63) is 54.6 Å². The van der Waals surface area contributed by atoms with Gasteiger partial charge in [-0.3, -0.25) is 14.4 Å². The Morgan fingerprint density at radius 1 is 1.09 bits per heavy atom. The maximum absolute atomic E-state index is 12.9. The molecule has 7 heteroatoms. The first-order valence-corrected chi connectivity index (χ1v) is 11.4. The fraction of sp³-hybridized carbons (Fsp3) is 0.346. The number of hydrogen-bond donors (Lipinski definition) is 2. The molecule has 1 aromatic heterocycles. The third kappa shape index (κ3) is 5.61. The van der Waals surface area contributed by atoms with Crippen LogP contribution in [-0.4, -0.2) is 47.9 Å². The highest BCUT2D eigenvalue weighted by Gasteiger charge is 2.28. The summed E-state index contributed by atoms with van der Waals surface area (Å²) in [5, 5.41) is 4.17. The zero-order valence-corrected chi connectivity index (χ0v) is 18.8. The van der Waals surface area contributed by atoms with Gasteiger partial charge in [0.2, 0.25) is 11.8 Å². The number of likely N-dealkylation sites (tertiary alicyclic amines) is 1. The van der Waals surface area contributed by atoms with Crippen molar-refractivity contribution in [1.82, 2.24) is 9.88 Å². The number of nitrogens with zero attached hydrogens (tertiary/aromatic N) is 1. The molecule has 2 aromatic carbocycles. The van der Waals surface area contributed by atoms with Gasteiger partial charge < -0.3 is 19.9 Å². The molecule has 3 aromatic rings. The zero-order chi connectivity index (χ0) is 23.2. The Morgan fingerprint density at radius 3 is 2.76 bits per heavy atom. The molecular weight excluding hydrogens is 418 g/mol. The first-order chi connectivity index (χ1) is 16.0. The second-order valence-electron chi connectivity index (χ2n) is 8.45. The van der Waals surface area contributed by atoms with E-state index in [0.29, 0.717) is 19.5 Å². The molecule has 0 aliphatic carbocycles. The average Bonchev–Trinajstić information content (AvgIpc) is 3.28. The van der Waals surface area contributed by atoms with Crippen LogP contribution < -0.4 is 5.32 Å². The number of aromatic nitrogens is 1. The Hall–Kier alpha value is -3.61. The summed E-state index contributed by atoms with van der Waals surface area (Å²) in [4.78, 5) is 41.9. The second kappa shape index (κ2) is 10.3. The summed E-state index contributed by atoms with van der Waals surface area (Å²) >= 11 is 0. The molecule has 0 saturated carbocycles. The smallest absolute Gasteiger partial charge is 0.305 e. The van der Waals surface area contributed by atoms with E-state index in [2.05, 4.69) is 27.2 Å². The summed E-state index contributed by atoms with van der Waals surface area (Å²) in [5.74, 6) is -0.651. The molecule has 1 fully saturated rings. The standard InChI is InChI=1S/C26H29N3O4/c1-33-25(31)13-5-12-24(30)29-14-6-9-20(17-29)26(32)27-21-10-4-8-18(15-21)23-16-19-7-2-3-11-22(19)28-23/h2-4,7-8,10-11,15-16,20,28H,5-6,9,12-14,17H2,1H3,(H,27,32)/t20-/m1/s1. The lowest BCUT2D eigenvalue weighted by Crippen LogP contribution is -2.43. The van der Waals surface area contributed by atoms with E-state index in [1.807, 2.05) is 42.5 Å². The largest absolute Gasteiger partial charge is 0.469 e. The number of aromatic amines is 1. The van der Waals surface area contributed by atoms with Gasteiger partial charge in [0.15, 0.2) is 0 Å². The summed E-state index contributed by atoms with van der Waals surface area (Å²) in [5.41, 5.74) is 3.79. The predicted molar refractivity (Wildman–Crippen MR) is 128 cm³/mol. The summed E-state index contributed by atoms with van der Waals surface area (Å²) in [6, 6.07) is 18.0. The van der Waals surface area contributed by atoms with Crippen LogP contribution in [0.3, 0.4) is 0 Å². The number of carbonyl (C=O) groups is 3. The van der Waals surface area contributed by atoms with E-state index in [1.165, 1.54) is 7.11 Å². The third-order valence-electron chi connectivity index (χ3n) is 6.12. The first-order valence-electron chi connectivity index (χ1n) is 11.4. The molecule has 0 radical (unpaired) electrons. The van der Waals surface area contributed by atoms with Crippen LogP contribution in [-0.2, 0) is 19.1 Å². The van der Waals surface area contributed by atoms with Gasteiger partial charge in [-0.25, -0.2) is 0 Å². The highest BCUT2D eigenvalue weighted by Crippen LogP contribution is 2.27. The van der Waals surface area contributed by atoms with Crippen molar-refractivity contribution in [2.45, 2.75) is 32.1 Å². The number of nitrogens with one attached hydrogen (secondary N) is 2.